The maximum absolute atomic E-state index is 12.6. The summed E-state index contributed by atoms with van der Waals surface area (Å²) in [6, 6.07) is 17.2. The largest absolute Gasteiger partial charge is 0.492 e. The van der Waals surface area contributed by atoms with Gasteiger partial charge in [-0.3, -0.25) is 4.79 Å². The first-order valence-corrected chi connectivity index (χ1v) is 10.4. The molecular weight excluding hydrogens is 406 g/mol. The lowest BCUT2D eigenvalue weighted by atomic mass is 10.2. The molecule has 5 nitrogen and oxygen atoms in total. The first-order valence-electron chi connectivity index (χ1n) is 9.24. The number of thiophene rings is 1. The Kier molecular flexibility index (Phi) is 5.56. The van der Waals surface area contributed by atoms with Crippen molar-refractivity contribution >= 4 is 39.1 Å². The number of fused-ring (bicyclic) bond motifs is 1. The van der Waals surface area contributed by atoms with Crippen LogP contribution in [0.3, 0.4) is 0 Å². The van der Waals surface area contributed by atoms with Crippen molar-refractivity contribution < 1.29 is 9.53 Å². The lowest BCUT2D eigenvalue weighted by Gasteiger charge is -2.07. The normalized spacial score (nSPS) is 11.0. The number of aryl methyl sites for hydroxylation is 2. The van der Waals surface area contributed by atoms with Gasteiger partial charge in [-0.1, -0.05) is 29.3 Å². The van der Waals surface area contributed by atoms with E-state index in [4.69, 9.17) is 16.3 Å². The van der Waals surface area contributed by atoms with Crippen molar-refractivity contribution in [3.05, 3.63) is 75.8 Å². The van der Waals surface area contributed by atoms with Crippen molar-refractivity contribution in [1.29, 1.82) is 0 Å². The van der Waals surface area contributed by atoms with Crippen molar-refractivity contribution in [2.45, 2.75) is 13.8 Å². The Morgan fingerprint density at radius 3 is 2.59 bits per heavy atom. The van der Waals surface area contributed by atoms with Crippen LogP contribution in [0.5, 0.6) is 5.75 Å². The van der Waals surface area contributed by atoms with Crippen LogP contribution in [0.4, 0.5) is 0 Å². The second-order valence-corrected chi connectivity index (χ2v) is 8.19. The van der Waals surface area contributed by atoms with E-state index in [1.54, 1.807) is 0 Å². The highest BCUT2D eigenvalue weighted by Crippen LogP contribution is 2.30. The number of halogens is 1. The molecule has 0 saturated heterocycles. The summed E-state index contributed by atoms with van der Waals surface area (Å²) in [6.07, 6.45) is 0. The molecule has 0 radical (unpaired) electrons. The Bertz CT molecular complexity index is 1150. The smallest absolute Gasteiger partial charge is 0.261 e. The number of carbonyl (C=O) groups excluding carboxylic acids is 1. The summed E-state index contributed by atoms with van der Waals surface area (Å²) in [6.45, 7) is 4.82. The SMILES string of the molecule is Cc1ccc(OCCNC(=O)c2cc3c(C)nn(-c4ccc(Cl)cc4)c3s2)cc1. The van der Waals surface area contributed by atoms with Crippen LogP contribution in [0.15, 0.2) is 54.6 Å². The van der Waals surface area contributed by atoms with Crippen molar-refractivity contribution in [3.8, 4) is 11.4 Å². The average Bonchev–Trinajstić information content (AvgIpc) is 3.28. The summed E-state index contributed by atoms with van der Waals surface area (Å²) in [5.41, 5.74) is 2.98. The molecule has 0 unspecified atom stereocenters. The fourth-order valence-electron chi connectivity index (χ4n) is 2.97. The van der Waals surface area contributed by atoms with Gasteiger partial charge in [-0.15, -0.1) is 11.3 Å². The third-order valence-corrected chi connectivity index (χ3v) is 5.88. The van der Waals surface area contributed by atoms with Gasteiger partial charge in [-0.2, -0.15) is 5.10 Å². The van der Waals surface area contributed by atoms with Gasteiger partial charge in [-0.25, -0.2) is 4.68 Å². The lowest BCUT2D eigenvalue weighted by Crippen LogP contribution is -2.27. The molecule has 7 heteroatoms. The molecule has 148 valence electrons. The molecule has 2 heterocycles. The van der Waals surface area contributed by atoms with Crippen LogP contribution in [-0.4, -0.2) is 28.8 Å². The number of carbonyl (C=O) groups is 1. The van der Waals surface area contributed by atoms with Crippen LogP contribution in [0.25, 0.3) is 15.9 Å². The maximum atomic E-state index is 12.6. The minimum Gasteiger partial charge on any atom is -0.492 e. The van der Waals surface area contributed by atoms with Gasteiger partial charge in [0.1, 0.15) is 17.2 Å². The molecule has 0 saturated carbocycles. The minimum absolute atomic E-state index is 0.110. The van der Waals surface area contributed by atoms with E-state index in [0.29, 0.717) is 23.1 Å². The molecular formula is C22H20ClN3O2S. The van der Waals surface area contributed by atoms with Crippen molar-refractivity contribution in [2.75, 3.05) is 13.2 Å². The van der Waals surface area contributed by atoms with Gasteiger partial charge in [0.25, 0.3) is 5.91 Å². The Hall–Kier alpha value is -2.83. The van der Waals surface area contributed by atoms with E-state index in [1.807, 2.05) is 73.1 Å². The first-order chi connectivity index (χ1) is 14.0. The highest BCUT2D eigenvalue weighted by molar-refractivity contribution is 7.20. The van der Waals surface area contributed by atoms with Crippen molar-refractivity contribution in [2.24, 2.45) is 0 Å². The Morgan fingerprint density at radius 2 is 1.86 bits per heavy atom. The molecule has 4 rings (SSSR count). The molecule has 2 aromatic heterocycles. The molecule has 2 aromatic carbocycles. The van der Waals surface area contributed by atoms with E-state index in [1.165, 1.54) is 16.9 Å². The quantitative estimate of drug-likeness (QED) is 0.434. The Labute approximate surface area is 177 Å². The standard InChI is InChI=1S/C22H20ClN3O2S/c1-14-3-9-18(10-4-14)28-12-11-24-21(27)20-13-19-15(2)25-26(22(19)29-20)17-7-5-16(23)6-8-17/h3-10,13H,11-12H2,1-2H3,(H,24,27). The van der Waals surface area contributed by atoms with Gasteiger partial charge >= 0.3 is 0 Å². The molecule has 4 aromatic rings. The summed E-state index contributed by atoms with van der Waals surface area (Å²) in [5, 5.41) is 9.17. The van der Waals surface area contributed by atoms with Crippen LogP contribution in [0.2, 0.25) is 5.02 Å². The number of nitrogens with zero attached hydrogens (tertiary/aromatic N) is 2. The highest BCUT2D eigenvalue weighted by atomic mass is 35.5. The predicted octanol–water partition coefficient (Wildman–Crippen LogP) is 5.17. The van der Waals surface area contributed by atoms with Crippen LogP contribution < -0.4 is 10.1 Å². The third-order valence-electron chi connectivity index (χ3n) is 4.52. The first kappa shape index (κ1) is 19.5. The molecule has 0 aliphatic rings. The predicted molar refractivity (Wildman–Crippen MR) is 118 cm³/mol. The third kappa shape index (κ3) is 4.28. The lowest BCUT2D eigenvalue weighted by molar-refractivity contribution is 0.0951. The minimum atomic E-state index is -0.110. The molecule has 29 heavy (non-hydrogen) atoms. The second kappa shape index (κ2) is 8.27. The number of aromatic nitrogens is 2. The summed E-state index contributed by atoms with van der Waals surface area (Å²) < 4.78 is 7.51. The monoisotopic (exact) mass is 425 g/mol. The van der Waals surface area contributed by atoms with Gasteiger partial charge in [0.2, 0.25) is 0 Å². The van der Waals surface area contributed by atoms with E-state index in [9.17, 15) is 4.79 Å². The Morgan fingerprint density at radius 1 is 1.14 bits per heavy atom. The van der Waals surface area contributed by atoms with Gasteiger partial charge in [0, 0.05) is 10.4 Å². The average molecular weight is 426 g/mol. The zero-order chi connectivity index (χ0) is 20.4. The zero-order valence-electron chi connectivity index (χ0n) is 16.1. The van der Waals surface area contributed by atoms with Crippen LogP contribution >= 0.6 is 22.9 Å². The molecule has 0 aliphatic carbocycles. The van der Waals surface area contributed by atoms with E-state index in [-0.39, 0.29) is 5.91 Å². The van der Waals surface area contributed by atoms with E-state index in [0.717, 1.165) is 27.3 Å². The van der Waals surface area contributed by atoms with Gasteiger partial charge < -0.3 is 10.1 Å². The molecule has 0 bridgehead atoms. The van der Waals surface area contributed by atoms with Crippen LogP contribution in [0, 0.1) is 13.8 Å². The molecule has 1 amide bonds. The van der Waals surface area contributed by atoms with Gasteiger partial charge in [-0.05, 0) is 56.3 Å². The Balaban J connectivity index is 1.43. The molecule has 1 N–H and O–H groups in total. The number of rotatable bonds is 6. The topological polar surface area (TPSA) is 56.1 Å². The molecule has 0 aliphatic heterocycles. The number of ether oxygens (including phenoxy) is 1. The number of hydrogen-bond acceptors (Lipinski definition) is 4. The number of hydrogen-bond donors (Lipinski definition) is 1. The van der Waals surface area contributed by atoms with E-state index < -0.39 is 0 Å². The van der Waals surface area contributed by atoms with Crippen molar-refractivity contribution in [1.82, 2.24) is 15.1 Å². The summed E-state index contributed by atoms with van der Waals surface area (Å²) in [4.78, 5) is 14.2. The fourth-order valence-corrected chi connectivity index (χ4v) is 4.20. The number of amides is 1. The van der Waals surface area contributed by atoms with E-state index in [2.05, 4.69) is 10.4 Å². The summed E-state index contributed by atoms with van der Waals surface area (Å²) in [5.74, 6) is 0.686. The zero-order valence-corrected chi connectivity index (χ0v) is 17.7. The molecule has 0 atom stereocenters. The summed E-state index contributed by atoms with van der Waals surface area (Å²) >= 11 is 7.41. The van der Waals surface area contributed by atoms with Gasteiger partial charge in [0.05, 0.1) is 22.8 Å². The summed E-state index contributed by atoms with van der Waals surface area (Å²) in [7, 11) is 0. The van der Waals surface area contributed by atoms with Crippen molar-refractivity contribution in [3.63, 3.8) is 0 Å². The van der Waals surface area contributed by atoms with Gasteiger partial charge in [0.15, 0.2) is 0 Å². The number of nitrogens with one attached hydrogen (secondary N) is 1. The van der Waals surface area contributed by atoms with Crippen LogP contribution in [0.1, 0.15) is 20.9 Å². The van der Waals surface area contributed by atoms with E-state index >= 15 is 0 Å². The molecule has 0 fully saturated rings. The maximum Gasteiger partial charge on any atom is 0.261 e. The number of benzene rings is 2. The molecule has 0 spiro atoms. The van der Waals surface area contributed by atoms with Crippen LogP contribution in [-0.2, 0) is 0 Å². The fraction of sp³-hybridized carbons (Fsp3) is 0.182. The second-order valence-electron chi connectivity index (χ2n) is 6.72. The highest BCUT2D eigenvalue weighted by Gasteiger charge is 2.17.